The second-order valence-electron chi connectivity index (χ2n) is 7.85. The Balaban J connectivity index is 1.59. The summed E-state index contributed by atoms with van der Waals surface area (Å²) in [5.41, 5.74) is 3.39. The van der Waals surface area contributed by atoms with Gasteiger partial charge in [0.1, 0.15) is 12.4 Å². The molecule has 0 aliphatic heterocycles. The highest BCUT2D eigenvalue weighted by Gasteiger charge is 2.11. The minimum atomic E-state index is 0.411. The van der Waals surface area contributed by atoms with Crippen molar-refractivity contribution in [1.29, 1.82) is 5.26 Å². The maximum Gasteiger partial charge on any atom is 0.127 e. The molecule has 0 aromatic heterocycles. The van der Waals surface area contributed by atoms with Crippen LogP contribution in [-0.4, -0.2) is 0 Å². The van der Waals surface area contributed by atoms with E-state index in [0.717, 1.165) is 44.0 Å². The normalized spacial score (nSPS) is 11.5. The lowest BCUT2D eigenvalue weighted by Gasteiger charge is -2.13. The molecule has 0 radical (unpaired) electrons. The molecule has 0 atom stereocenters. The van der Waals surface area contributed by atoms with Gasteiger partial charge in [0.25, 0.3) is 0 Å². The van der Waals surface area contributed by atoms with Gasteiger partial charge in [-0.2, -0.15) is 5.26 Å². The second kappa shape index (κ2) is 9.20. The monoisotopic (exact) mass is 445 g/mol. The smallest absolute Gasteiger partial charge is 0.127 e. The molecule has 0 fully saturated rings. The van der Waals surface area contributed by atoms with Crippen LogP contribution in [0.5, 0.6) is 5.75 Å². The van der Waals surface area contributed by atoms with Crippen molar-refractivity contribution in [2.24, 2.45) is 0 Å². The van der Waals surface area contributed by atoms with Crippen molar-refractivity contribution in [3.8, 4) is 11.8 Å². The SMILES string of the molecule is N#C/C(=C/c1c(OCc2ccc(Cl)cc2)ccc2ccccc12)c1ccc2ccccc2c1. The molecule has 2 nitrogen and oxygen atoms in total. The molecule has 0 heterocycles. The molecular weight excluding hydrogens is 426 g/mol. The van der Waals surface area contributed by atoms with E-state index in [9.17, 15) is 5.26 Å². The molecule has 0 saturated heterocycles. The molecule has 0 aliphatic rings. The third-order valence-corrected chi connectivity index (χ3v) is 5.96. The Hall–Kier alpha value is -4.06. The van der Waals surface area contributed by atoms with Crippen LogP contribution in [0.2, 0.25) is 5.02 Å². The number of hydrogen-bond acceptors (Lipinski definition) is 2. The van der Waals surface area contributed by atoms with Crippen molar-refractivity contribution < 1.29 is 4.74 Å². The number of rotatable bonds is 5. The molecule has 0 aliphatic carbocycles. The highest BCUT2D eigenvalue weighted by atomic mass is 35.5. The van der Waals surface area contributed by atoms with Crippen LogP contribution in [0.3, 0.4) is 0 Å². The van der Waals surface area contributed by atoms with Crippen molar-refractivity contribution in [1.82, 2.24) is 0 Å². The first-order chi connectivity index (χ1) is 16.2. The Labute approximate surface area is 197 Å². The van der Waals surface area contributed by atoms with Crippen molar-refractivity contribution in [2.45, 2.75) is 6.61 Å². The van der Waals surface area contributed by atoms with E-state index in [1.807, 2.05) is 72.8 Å². The van der Waals surface area contributed by atoms with E-state index in [1.165, 1.54) is 0 Å². The van der Waals surface area contributed by atoms with Crippen LogP contribution in [0.1, 0.15) is 16.7 Å². The number of fused-ring (bicyclic) bond motifs is 2. The van der Waals surface area contributed by atoms with Crippen molar-refractivity contribution in [2.75, 3.05) is 0 Å². The molecule has 33 heavy (non-hydrogen) atoms. The predicted octanol–water partition coefficient (Wildman–Crippen LogP) is 8.29. The van der Waals surface area contributed by atoms with Crippen molar-refractivity contribution in [3.05, 3.63) is 125 Å². The van der Waals surface area contributed by atoms with E-state index >= 15 is 0 Å². The zero-order chi connectivity index (χ0) is 22.6. The molecule has 0 N–H and O–H groups in total. The fourth-order valence-corrected chi connectivity index (χ4v) is 4.10. The van der Waals surface area contributed by atoms with Crippen LogP contribution in [0.25, 0.3) is 33.2 Å². The van der Waals surface area contributed by atoms with Gasteiger partial charge in [0.15, 0.2) is 0 Å². The first-order valence-corrected chi connectivity index (χ1v) is 11.1. The zero-order valence-corrected chi connectivity index (χ0v) is 18.6. The molecule has 0 saturated carbocycles. The number of ether oxygens (including phenoxy) is 1. The van der Waals surface area contributed by atoms with Gasteiger partial charge in [0.05, 0.1) is 11.6 Å². The standard InChI is InChI=1S/C30H20ClNO/c31-27-14-9-21(10-15-27)20-33-30-16-13-23-6-3-4-8-28(23)29(30)18-26(19-32)25-12-11-22-5-1-2-7-24(22)17-25/h1-18H,20H2/b26-18-. The van der Waals surface area contributed by atoms with E-state index < -0.39 is 0 Å². The third-order valence-electron chi connectivity index (χ3n) is 5.71. The largest absolute Gasteiger partial charge is 0.488 e. The first kappa shape index (κ1) is 20.8. The zero-order valence-electron chi connectivity index (χ0n) is 17.8. The maximum atomic E-state index is 10.0. The Kier molecular flexibility index (Phi) is 5.81. The van der Waals surface area contributed by atoms with Crippen LogP contribution in [0, 0.1) is 11.3 Å². The van der Waals surface area contributed by atoms with Crippen molar-refractivity contribution >= 4 is 44.8 Å². The van der Waals surface area contributed by atoms with Gasteiger partial charge < -0.3 is 4.74 Å². The van der Waals surface area contributed by atoms with E-state index in [-0.39, 0.29) is 0 Å². The number of allylic oxidation sites excluding steroid dienone is 1. The molecule has 0 amide bonds. The highest BCUT2D eigenvalue weighted by Crippen LogP contribution is 2.33. The summed E-state index contributed by atoms with van der Waals surface area (Å²) in [6.07, 6.45) is 1.93. The number of benzene rings is 5. The van der Waals surface area contributed by atoms with Crippen LogP contribution in [-0.2, 0) is 6.61 Å². The minimum absolute atomic E-state index is 0.411. The molecule has 0 spiro atoms. The summed E-state index contributed by atoms with van der Waals surface area (Å²) in [4.78, 5) is 0. The summed E-state index contributed by atoms with van der Waals surface area (Å²) in [5.74, 6) is 0.734. The molecule has 5 aromatic carbocycles. The summed E-state index contributed by atoms with van der Waals surface area (Å²) >= 11 is 6.01. The summed E-state index contributed by atoms with van der Waals surface area (Å²) in [6, 6.07) is 36.4. The fourth-order valence-electron chi connectivity index (χ4n) is 3.97. The van der Waals surface area contributed by atoms with Crippen molar-refractivity contribution in [3.63, 3.8) is 0 Å². The molecule has 0 unspecified atom stereocenters. The summed E-state index contributed by atoms with van der Waals surface area (Å²) in [6.45, 7) is 0.411. The van der Waals surface area contributed by atoms with Crippen LogP contribution in [0.4, 0.5) is 0 Å². The topological polar surface area (TPSA) is 33.0 Å². The maximum absolute atomic E-state index is 10.0. The van der Waals surface area contributed by atoms with Gasteiger partial charge in [0.2, 0.25) is 0 Å². The second-order valence-corrected chi connectivity index (χ2v) is 8.28. The van der Waals surface area contributed by atoms with Gasteiger partial charge in [-0.15, -0.1) is 0 Å². The van der Waals surface area contributed by atoms with E-state index in [0.29, 0.717) is 17.2 Å². The Morgan fingerprint density at radius 3 is 2.27 bits per heavy atom. The van der Waals surface area contributed by atoms with Crippen LogP contribution >= 0.6 is 11.6 Å². The molecule has 0 bridgehead atoms. The summed E-state index contributed by atoms with van der Waals surface area (Å²) in [7, 11) is 0. The van der Waals surface area contributed by atoms with E-state index in [4.69, 9.17) is 16.3 Å². The highest BCUT2D eigenvalue weighted by molar-refractivity contribution is 6.30. The molecule has 5 aromatic rings. The quantitative estimate of drug-likeness (QED) is 0.201. The molecule has 158 valence electrons. The van der Waals surface area contributed by atoms with Gasteiger partial charge >= 0.3 is 0 Å². The Bertz CT molecular complexity index is 1530. The van der Waals surface area contributed by atoms with Gasteiger partial charge in [0, 0.05) is 10.6 Å². The first-order valence-electron chi connectivity index (χ1n) is 10.7. The van der Waals surface area contributed by atoms with E-state index in [1.54, 1.807) is 0 Å². The Morgan fingerprint density at radius 2 is 1.48 bits per heavy atom. The van der Waals surface area contributed by atoms with Gasteiger partial charge in [-0.1, -0.05) is 90.5 Å². The molecular formula is C30H20ClNO. The van der Waals surface area contributed by atoms with Crippen LogP contribution in [0.15, 0.2) is 103 Å². The van der Waals surface area contributed by atoms with Crippen LogP contribution < -0.4 is 4.74 Å². The summed E-state index contributed by atoms with van der Waals surface area (Å²) in [5, 5.41) is 15.1. The molecule has 5 rings (SSSR count). The lowest BCUT2D eigenvalue weighted by atomic mass is 9.97. The average Bonchev–Trinajstić information content (AvgIpc) is 2.87. The van der Waals surface area contributed by atoms with Gasteiger partial charge in [-0.3, -0.25) is 0 Å². The lowest BCUT2D eigenvalue weighted by Crippen LogP contribution is -1.98. The number of hydrogen-bond donors (Lipinski definition) is 0. The predicted molar refractivity (Wildman–Crippen MR) is 137 cm³/mol. The molecule has 3 heteroatoms. The van der Waals surface area contributed by atoms with E-state index in [2.05, 4.69) is 42.5 Å². The Morgan fingerprint density at radius 1 is 0.788 bits per heavy atom. The average molecular weight is 446 g/mol. The number of halogens is 1. The third kappa shape index (κ3) is 4.46. The summed E-state index contributed by atoms with van der Waals surface area (Å²) < 4.78 is 6.23. The van der Waals surface area contributed by atoms with Gasteiger partial charge in [-0.05, 0) is 63.0 Å². The lowest BCUT2D eigenvalue weighted by molar-refractivity contribution is 0.306. The number of nitrogens with zero attached hydrogens (tertiary/aromatic N) is 1. The van der Waals surface area contributed by atoms with Gasteiger partial charge in [-0.25, -0.2) is 0 Å². The fraction of sp³-hybridized carbons (Fsp3) is 0.0333. The minimum Gasteiger partial charge on any atom is -0.488 e. The number of nitriles is 1.